The van der Waals surface area contributed by atoms with Crippen LogP contribution >= 0.6 is 0 Å². The van der Waals surface area contributed by atoms with Crippen LogP contribution in [-0.2, 0) is 4.74 Å². The third kappa shape index (κ3) is 8.74. The number of amides is 1. The fourth-order valence-corrected chi connectivity index (χ4v) is 0.725. The maximum Gasteiger partial charge on any atom is 0.407 e. The molecule has 0 radical (unpaired) electrons. The lowest BCUT2D eigenvalue weighted by atomic mass is 10.2. The number of carbonyl (C=O) groups is 1. The Morgan fingerprint density at radius 3 is 2.71 bits per heavy atom. The Morgan fingerprint density at radius 1 is 1.57 bits per heavy atom. The fraction of sp³-hybridized carbons (Fsp3) is 0.778. The molecule has 14 heavy (non-hydrogen) atoms. The topological polar surface area (TPSA) is 64.8 Å². The van der Waals surface area contributed by atoms with Gasteiger partial charge in [0.15, 0.2) is 0 Å². The van der Waals surface area contributed by atoms with Gasteiger partial charge in [-0.05, 0) is 27.2 Å². The normalized spacial score (nSPS) is 10.2. The van der Waals surface area contributed by atoms with Crippen molar-refractivity contribution in [1.29, 1.82) is 0 Å². The van der Waals surface area contributed by atoms with Crippen LogP contribution in [0.3, 0.4) is 0 Å². The Morgan fingerprint density at radius 2 is 2.21 bits per heavy atom. The van der Waals surface area contributed by atoms with E-state index in [0.29, 0.717) is 13.1 Å². The van der Waals surface area contributed by atoms with E-state index in [0.717, 1.165) is 6.42 Å². The third-order valence-electron chi connectivity index (χ3n) is 1.20. The first-order valence-corrected chi connectivity index (χ1v) is 4.55. The van der Waals surface area contributed by atoms with Gasteiger partial charge in [0.05, 0.1) is 5.11 Å². The molecule has 1 N–H and O–H groups in total. The molecule has 0 aliphatic heterocycles. The van der Waals surface area contributed by atoms with Crippen LogP contribution in [0.2, 0.25) is 0 Å². The van der Waals surface area contributed by atoms with Crippen molar-refractivity contribution in [3.05, 3.63) is 0 Å². The van der Waals surface area contributed by atoms with E-state index in [9.17, 15) is 4.79 Å². The highest BCUT2D eigenvalue weighted by Crippen LogP contribution is 2.06. The highest BCUT2D eigenvalue weighted by atomic mass is 16.6. The van der Waals surface area contributed by atoms with Gasteiger partial charge in [-0.25, -0.2) is 4.79 Å². The van der Waals surface area contributed by atoms with Gasteiger partial charge in [0.2, 0.25) is 0 Å². The summed E-state index contributed by atoms with van der Waals surface area (Å²) in [6, 6.07) is 0. The first-order chi connectivity index (χ1) is 6.45. The van der Waals surface area contributed by atoms with E-state index in [1.807, 2.05) is 20.8 Å². The van der Waals surface area contributed by atoms with Crippen LogP contribution in [0.15, 0.2) is 5.11 Å². The minimum Gasteiger partial charge on any atom is -0.444 e. The number of carbonyl (C=O) groups excluding carboxylic acids is 1. The summed E-state index contributed by atoms with van der Waals surface area (Å²) in [5.41, 5.74) is -0.447. The van der Waals surface area contributed by atoms with Crippen LogP contribution in [0.5, 0.6) is 0 Å². The first kappa shape index (κ1) is 12.7. The van der Waals surface area contributed by atoms with Gasteiger partial charge >= 0.3 is 6.09 Å². The highest BCUT2D eigenvalue weighted by molar-refractivity contribution is 5.67. The number of hydrogen-bond acceptors (Lipinski definition) is 3. The van der Waals surface area contributed by atoms with Crippen molar-refractivity contribution in [1.82, 2.24) is 5.32 Å². The van der Waals surface area contributed by atoms with E-state index in [4.69, 9.17) is 4.74 Å². The molecule has 0 spiro atoms. The molecule has 0 fully saturated rings. The van der Waals surface area contributed by atoms with Crippen LogP contribution < -0.4 is 5.32 Å². The molecule has 0 rings (SSSR count). The van der Waals surface area contributed by atoms with E-state index in [2.05, 4.69) is 21.9 Å². The van der Waals surface area contributed by atoms with E-state index < -0.39 is 11.7 Å². The molecule has 0 atom stereocenters. The number of rotatable bonds is 4. The SMILES string of the molecule is C=[N+]=NCCCNC(=O)OC(C)(C)C. The fourth-order valence-electron chi connectivity index (χ4n) is 0.725. The summed E-state index contributed by atoms with van der Waals surface area (Å²) in [7, 11) is 0. The van der Waals surface area contributed by atoms with Crippen molar-refractivity contribution >= 4 is 12.8 Å². The van der Waals surface area contributed by atoms with Gasteiger partial charge in [-0.15, -0.1) is 0 Å². The van der Waals surface area contributed by atoms with Crippen LogP contribution in [-0.4, -0.2) is 36.3 Å². The van der Waals surface area contributed by atoms with Crippen molar-refractivity contribution in [2.75, 3.05) is 13.1 Å². The zero-order valence-electron chi connectivity index (χ0n) is 9.04. The Bertz CT molecular complexity index is 227. The number of alkyl carbamates (subject to hydrolysis) is 1. The summed E-state index contributed by atoms with van der Waals surface area (Å²) in [6.07, 6.45) is 0.335. The van der Waals surface area contributed by atoms with Gasteiger partial charge in [0.1, 0.15) is 12.1 Å². The van der Waals surface area contributed by atoms with E-state index in [1.165, 1.54) is 0 Å². The monoisotopic (exact) mass is 200 g/mol. The Hall–Kier alpha value is -1.35. The molecule has 0 bridgehead atoms. The van der Waals surface area contributed by atoms with Gasteiger partial charge in [0.25, 0.3) is 6.72 Å². The van der Waals surface area contributed by atoms with Gasteiger partial charge < -0.3 is 10.1 Å². The van der Waals surface area contributed by atoms with Crippen molar-refractivity contribution in [3.8, 4) is 0 Å². The molecular weight excluding hydrogens is 182 g/mol. The summed E-state index contributed by atoms with van der Waals surface area (Å²) in [6.45, 7) is 9.79. The molecule has 0 unspecified atom stereocenters. The molecule has 0 aromatic rings. The van der Waals surface area contributed by atoms with Crippen LogP contribution in [0, 0.1) is 0 Å². The van der Waals surface area contributed by atoms with Crippen LogP contribution in [0.4, 0.5) is 4.79 Å². The number of nitrogens with zero attached hydrogens (tertiary/aromatic N) is 2. The molecule has 80 valence electrons. The lowest BCUT2D eigenvalue weighted by Gasteiger charge is -2.19. The number of hydrogen-bond donors (Lipinski definition) is 1. The molecular formula is C9H18N3O2+. The quantitative estimate of drug-likeness (QED) is 0.321. The zero-order chi connectivity index (χ0) is 11.0. The first-order valence-electron chi connectivity index (χ1n) is 4.55. The molecule has 0 aromatic carbocycles. The maximum absolute atomic E-state index is 11.1. The predicted octanol–water partition coefficient (Wildman–Crippen LogP) is 1.26. The van der Waals surface area contributed by atoms with Crippen molar-refractivity contribution < 1.29 is 14.3 Å². The van der Waals surface area contributed by atoms with Crippen LogP contribution in [0.1, 0.15) is 27.2 Å². The molecule has 0 saturated heterocycles. The van der Waals surface area contributed by atoms with Crippen LogP contribution in [0.25, 0.3) is 0 Å². The lowest BCUT2D eigenvalue weighted by Crippen LogP contribution is -2.33. The van der Waals surface area contributed by atoms with E-state index in [-0.39, 0.29) is 0 Å². The second-order valence-corrected chi connectivity index (χ2v) is 3.79. The maximum atomic E-state index is 11.1. The van der Waals surface area contributed by atoms with Crippen molar-refractivity contribution in [2.45, 2.75) is 32.8 Å². The molecule has 0 heterocycles. The van der Waals surface area contributed by atoms with Gasteiger partial charge in [-0.2, -0.15) is 0 Å². The molecule has 5 heteroatoms. The molecule has 0 aliphatic carbocycles. The average molecular weight is 200 g/mol. The smallest absolute Gasteiger partial charge is 0.407 e. The highest BCUT2D eigenvalue weighted by Gasteiger charge is 2.15. The summed E-state index contributed by atoms with van der Waals surface area (Å²) in [4.78, 5) is 14.4. The Labute approximate surface area is 84.3 Å². The molecule has 0 aliphatic rings. The molecule has 0 aromatic heterocycles. The van der Waals surface area contributed by atoms with E-state index in [1.54, 1.807) is 0 Å². The van der Waals surface area contributed by atoms with Gasteiger partial charge in [-0.3, -0.25) is 0 Å². The molecule has 5 nitrogen and oxygen atoms in total. The number of nitrogens with one attached hydrogen (secondary N) is 1. The second-order valence-electron chi connectivity index (χ2n) is 3.79. The summed E-state index contributed by atoms with van der Waals surface area (Å²) < 4.78 is 5.03. The predicted molar refractivity (Wildman–Crippen MR) is 53.5 cm³/mol. The van der Waals surface area contributed by atoms with Crippen molar-refractivity contribution in [2.24, 2.45) is 5.11 Å². The standard InChI is InChI=1S/C9H17N3O2/c1-9(2,3)14-8(13)11-6-5-7-12-10-4/h4-7H2,1-3H3/p+1. The Balaban J connectivity index is 3.50. The van der Waals surface area contributed by atoms with E-state index >= 15 is 0 Å². The number of ether oxygens (including phenoxy) is 1. The van der Waals surface area contributed by atoms with Crippen molar-refractivity contribution in [3.63, 3.8) is 0 Å². The lowest BCUT2D eigenvalue weighted by molar-refractivity contribution is -0.0777. The zero-order valence-corrected chi connectivity index (χ0v) is 9.04. The minimum atomic E-state index is -0.447. The minimum absolute atomic E-state index is 0.399. The summed E-state index contributed by atoms with van der Waals surface area (Å²) in [5, 5.41) is 6.28. The second kappa shape index (κ2) is 6.16. The van der Waals surface area contributed by atoms with Gasteiger partial charge in [-0.1, -0.05) is 0 Å². The summed E-state index contributed by atoms with van der Waals surface area (Å²) in [5.74, 6) is 0. The summed E-state index contributed by atoms with van der Waals surface area (Å²) >= 11 is 0. The largest absolute Gasteiger partial charge is 0.444 e. The average Bonchev–Trinajstić information content (AvgIpc) is 2.00. The van der Waals surface area contributed by atoms with Gasteiger partial charge in [0, 0.05) is 11.3 Å². The molecule has 1 amide bonds. The third-order valence-corrected chi connectivity index (χ3v) is 1.20. The Kier molecular flexibility index (Phi) is 5.56. The molecule has 0 saturated carbocycles.